The second-order valence-corrected chi connectivity index (χ2v) is 9.99. The van der Waals surface area contributed by atoms with Gasteiger partial charge in [0.1, 0.15) is 28.9 Å². The molecule has 0 atom stereocenters. The Morgan fingerprint density at radius 2 is 1.83 bits per heavy atom. The Balaban J connectivity index is 1.38. The van der Waals surface area contributed by atoms with Crippen molar-refractivity contribution >= 4 is 40.1 Å². The normalized spacial score (nSPS) is 14.3. The molecule has 4 aromatic rings. The van der Waals surface area contributed by atoms with Gasteiger partial charge in [-0.05, 0) is 63.3 Å². The van der Waals surface area contributed by atoms with Crippen LogP contribution >= 0.6 is 0 Å². The predicted octanol–water partition coefficient (Wildman–Crippen LogP) is 5.11. The van der Waals surface area contributed by atoms with Crippen molar-refractivity contribution in [1.29, 1.82) is 0 Å². The van der Waals surface area contributed by atoms with Crippen molar-refractivity contribution in [3.05, 3.63) is 65.9 Å². The van der Waals surface area contributed by atoms with Gasteiger partial charge < -0.3 is 25.2 Å². The van der Waals surface area contributed by atoms with Crippen LogP contribution < -0.4 is 20.3 Å². The van der Waals surface area contributed by atoms with Crippen LogP contribution in [0.15, 0.2) is 48.9 Å². The molecule has 0 aliphatic carbocycles. The number of amides is 1. The Morgan fingerprint density at radius 3 is 2.52 bits per heavy atom. The van der Waals surface area contributed by atoms with Crippen LogP contribution in [0.2, 0.25) is 0 Å². The lowest BCUT2D eigenvalue weighted by atomic mass is 10.0. The molecule has 0 saturated carbocycles. The molecule has 10 nitrogen and oxygen atoms in total. The van der Waals surface area contributed by atoms with Crippen molar-refractivity contribution in [2.24, 2.45) is 0 Å². The smallest absolute Gasteiger partial charge is 0.420 e. The lowest BCUT2D eigenvalue weighted by Gasteiger charge is -2.35. The van der Waals surface area contributed by atoms with E-state index in [4.69, 9.17) is 4.74 Å². The minimum atomic E-state index is -4.69. The summed E-state index contributed by atoms with van der Waals surface area (Å²) >= 11 is 0. The minimum Gasteiger partial charge on any atom is -0.496 e. The van der Waals surface area contributed by atoms with Gasteiger partial charge in [-0.25, -0.2) is 24.3 Å². The maximum Gasteiger partial charge on any atom is 0.420 e. The summed E-state index contributed by atoms with van der Waals surface area (Å²) in [5.41, 5.74) is -0.421. The van der Waals surface area contributed by atoms with Gasteiger partial charge in [-0.15, -0.1) is 0 Å². The molecule has 0 radical (unpaired) electrons. The first-order valence-electron chi connectivity index (χ1n) is 13.1. The van der Waals surface area contributed by atoms with Gasteiger partial charge in [-0.2, -0.15) is 13.2 Å². The minimum absolute atomic E-state index is 0.000663. The molecule has 0 unspecified atom stereocenters. The van der Waals surface area contributed by atoms with Gasteiger partial charge in [0.15, 0.2) is 5.82 Å². The summed E-state index contributed by atoms with van der Waals surface area (Å²) in [6.45, 7) is 1.55. The first-order valence-corrected chi connectivity index (χ1v) is 13.1. The zero-order valence-corrected chi connectivity index (χ0v) is 23.0. The van der Waals surface area contributed by atoms with Crippen LogP contribution in [0.1, 0.15) is 28.8 Å². The number of methoxy groups -OCH3 is 1. The number of nitrogens with zero attached hydrogens (tertiary/aromatic N) is 6. The maximum atomic E-state index is 14.9. The van der Waals surface area contributed by atoms with Crippen molar-refractivity contribution in [3.63, 3.8) is 0 Å². The molecule has 1 saturated heterocycles. The summed E-state index contributed by atoms with van der Waals surface area (Å²) in [6, 6.07) is 7.17. The zero-order valence-electron chi connectivity index (χ0n) is 23.0. The number of carbonyl (C=O) groups excluding carboxylic acids is 1. The summed E-state index contributed by atoms with van der Waals surface area (Å²) in [6.07, 6.45) is 0.0860. The van der Waals surface area contributed by atoms with Crippen LogP contribution in [-0.2, 0) is 6.18 Å². The SMILES string of the molecule is COc1ccc(NC(=O)c2ccc(F)c(Nc3ncnc4cnc(N5CCC(N(C)C)CC5)nc34)c2)cc1C(F)(F)F. The lowest BCUT2D eigenvalue weighted by molar-refractivity contribution is -0.138. The van der Waals surface area contributed by atoms with E-state index in [1.54, 1.807) is 6.20 Å². The van der Waals surface area contributed by atoms with Gasteiger partial charge in [-0.1, -0.05) is 0 Å². The Kier molecular flexibility index (Phi) is 8.07. The molecular formula is C28H28F4N8O2. The highest BCUT2D eigenvalue weighted by molar-refractivity contribution is 6.05. The van der Waals surface area contributed by atoms with Crippen molar-refractivity contribution in [2.75, 3.05) is 49.8 Å². The highest BCUT2D eigenvalue weighted by Gasteiger charge is 2.34. The fraction of sp³-hybridized carbons (Fsp3) is 0.321. The van der Waals surface area contributed by atoms with E-state index in [-0.39, 0.29) is 28.5 Å². The quantitative estimate of drug-likeness (QED) is 0.287. The number of benzene rings is 2. The van der Waals surface area contributed by atoms with E-state index in [1.165, 1.54) is 24.5 Å². The summed E-state index contributed by atoms with van der Waals surface area (Å²) in [7, 11) is 5.24. The van der Waals surface area contributed by atoms with Crippen LogP contribution in [0, 0.1) is 5.82 Å². The Bertz CT molecular complexity index is 1610. The number of hydrogen-bond donors (Lipinski definition) is 2. The van der Waals surface area contributed by atoms with Crippen molar-refractivity contribution in [3.8, 4) is 5.75 Å². The fourth-order valence-electron chi connectivity index (χ4n) is 4.77. The average molecular weight is 585 g/mol. The fourth-order valence-corrected chi connectivity index (χ4v) is 4.77. The number of carbonyl (C=O) groups is 1. The number of ether oxygens (including phenoxy) is 1. The molecule has 1 aliphatic rings. The number of alkyl halides is 3. The van der Waals surface area contributed by atoms with E-state index >= 15 is 0 Å². The standard InChI is InChI=1S/C28H28F4N8O2/c1-39(2)18-8-10-40(11-9-18)27-33-14-22-24(38-27)25(35-15-34-22)37-21-12-16(4-6-20(21)29)26(41)36-17-5-7-23(42-3)19(13-17)28(30,31)32/h4-7,12-15,18H,8-11H2,1-3H3,(H,36,41)(H,34,35,37). The van der Waals surface area contributed by atoms with Crippen molar-refractivity contribution in [1.82, 2.24) is 24.8 Å². The number of anilines is 4. The van der Waals surface area contributed by atoms with Crippen LogP contribution in [0.3, 0.4) is 0 Å². The molecule has 14 heteroatoms. The average Bonchev–Trinajstić information content (AvgIpc) is 2.97. The molecule has 3 heterocycles. The Labute approximate surface area is 238 Å². The topological polar surface area (TPSA) is 108 Å². The second kappa shape index (κ2) is 11.7. The highest BCUT2D eigenvalue weighted by atomic mass is 19.4. The summed E-state index contributed by atoms with van der Waals surface area (Å²) < 4.78 is 59.8. The second-order valence-electron chi connectivity index (χ2n) is 9.99. The molecule has 2 aromatic heterocycles. The molecule has 1 aliphatic heterocycles. The van der Waals surface area contributed by atoms with Gasteiger partial charge in [0.2, 0.25) is 5.95 Å². The Morgan fingerprint density at radius 1 is 1.07 bits per heavy atom. The molecule has 2 N–H and O–H groups in total. The first-order chi connectivity index (χ1) is 20.0. The van der Waals surface area contributed by atoms with E-state index in [0.717, 1.165) is 51.2 Å². The van der Waals surface area contributed by atoms with Crippen molar-refractivity contribution < 1.29 is 27.1 Å². The monoisotopic (exact) mass is 584 g/mol. The predicted molar refractivity (Wildman–Crippen MR) is 150 cm³/mol. The van der Waals surface area contributed by atoms with Gasteiger partial charge in [0, 0.05) is 30.4 Å². The highest BCUT2D eigenvalue weighted by Crippen LogP contribution is 2.38. The van der Waals surface area contributed by atoms with Gasteiger partial charge in [0.05, 0.1) is 24.6 Å². The number of halogens is 4. The largest absolute Gasteiger partial charge is 0.496 e. The molecule has 0 spiro atoms. The van der Waals surface area contributed by atoms with E-state index in [1.807, 2.05) is 0 Å². The van der Waals surface area contributed by atoms with Crippen LogP contribution in [0.25, 0.3) is 11.0 Å². The summed E-state index contributed by atoms with van der Waals surface area (Å²) in [5.74, 6) is -1.09. The lowest BCUT2D eigenvalue weighted by Crippen LogP contribution is -2.42. The number of rotatable bonds is 7. The summed E-state index contributed by atoms with van der Waals surface area (Å²) in [4.78, 5) is 34.7. The Hall–Kier alpha value is -4.59. The summed E-state index contributed by atoms with van der Waals surface area (Å²) in [5, 5.41) is 5.30. The molecular weight excluding hydrogens is 556 g/mol. The molecule has 5 rings (SSSR count). The third kappa shape index (κ3) is 6.17. The van der Waals surface area contributed by atoms with Crippen molar-refractivity contribution in [2.45, 2.75) is 25.1 Å². The molecule has 42 heavy (non-hydrogen) atoms. The van der Waals surface area contributed by atoms with E-state index in [2.05, 4.69) is 54.5 Å². The van der Waals surface area contributed by atoms with E-state index < -0.39 is 23.5 Å². The number of nitrogens with one attached hydrogen (secondary N) is 2. The van der Waals surface area contributed by atoms with Crippen LogP contribution in [-0.4, -0.2) is 71.1 Å². The number of aromatic nitrogens is 4. The molecule has 1 amide bonds. The van der Waals surface area contributed by atoms with Gasteiger partial charge in [0.25, 0.3) is 5.91 Å². The molecule has 0 bridgehead atoms. The number of hydrogen-bond acceptors (Lipinski definition) is 9. The first kappa shape index (κ1) is 28.9. The molecule has 2 aromatic carbocycles. The van der Waals surface area contributed by atoms with E-state index in [9.17, 15) is 22.4 Å². The molecule has 220 valence electrons. The third-order valence-corrected chi connectivity index (χ3v) is 7.09. The third-order valence-electron chi connectivity index (χ3n) is 7.09. The van der Waals surface area contributed by atoms with Gasteiger partial charge >= 0.3 is 6.18 Å². The van der Waals surface area contributed by atoms with E-state index in [0.29, 0.717) is 23.0 Å². The number of fused-ring (bicyclic) bond motifs is 1. The van der Waals surface area contributed by atoms with Crippen LogP contribution in [0.5, 0.6) is 5.75 Å². The maximum absolute atomic E-state index is 14.9. The van der Waals surface area contributed by atoms with Gasteiger partial charge in [-0.3, -0.25) is 4.79 Å². The number of piperidine rings is 1. The molecule has 1 fully saturated rings. The van der Waals surface area contributed by atoms with Crippen LogP contribution in [0.4, 0.5) is 40.7 Å². The zero-order chi connectivity index (χ0) is 30.0.